The first-order valence-corrected chi connectivity index (χ1v) is 5.03. The van der Waals surface area contributed by atoms with Gasteiger partial charge in [-0.1, -0.05) is 11.6 Å². The maximum absolute atomic E-state index is 5.94. The van der Waals surface area contributed by atoms with E-state index in [4.69, 9.17) is 11.6 Å². The lowest BCUT2D eigenvalue weighted by Crippen LogP contribution is -1.90. The van der Waals surface area contributed by atoms with Gasteiger partial charge >= 0.3 is 0 Å². The molecule has 0 fully saturated rings. The van der Waals surface area contributed by atoms with Gasteiger partial charge in [-0.05, 0) is 37.3 Å². The monoisotopic (exact) mass is 217 g/mol. The minimum absolute atomic E-state index is 0.743. The van der Waals surface area contributed by atoms with Crippen molar-refractivity contribution in [3.63, 3.8) is 0 Å². The number of hydrogen-bond acceptors (Lipinski definition) is 2. The Labute approximate surface area is 91.3 Å². The van der Waals surface area contributed by atoms with Gasteiger partial charge in [0.2, 0.25) is 0 Å². The molecule has 3 rings (SSSR count). The van der Waals surface area contributed by atoms with E-state index >= 15 is 0 Å². The number of pyridine rings is 1. The molecule has 0 aliphatic heterocycles. The van der Waals surface area contributed by atoms with Gasteiger partial charge in [-0.3, -0.25) is 4.40 Å². The predicted molar refractivity (Wildman–Crippen MR) is 60.2 cm³/mol. The molecule has 0 aliphatic rings. The van der Waals surface area contributed by atoms with E-state index in [1.807, 2.05) is 41.7 Å². The highest BCUT2D eigenvalue weighted by Gasteiger charge is 2.04. The average molecular weight is 218 g/mol. The zero-order valence-electron chi connectivity index (χ0n) is 8.11. The second kappa shape index (κ2) is 2.94. The number of nitrogens with zero attached hydrogens (tertiary/aromatic N) is 3. The Morgan fingerprint density at radius 1 is 1.13 bits per heavy atom. The molecule has 0 N–H and O–H groups in total. The highest BCUT2D eigenvalue weighted by Crippen LogP contribution is 2.21. The molecular weight excluding hydrogens is 210 g/mol. The summed E-state index contributed by atoms with van der Waals surface area (Å²) in [5.74, 6) is 0.887. The Hall–Kier alpha value is -1.61. The summed E-state index contributed by atoms with van der Waals surface area (Å²) in [6.07, 6.45) is 0. The molecule has 1 aromatic carbocycles. The van der Waals surface area contributed by atoms with Gasteiger partial charge in [0.15, 0.2) is 5.65 Å². The van der Waals surface area contributed by atoms with Crippen molar-refractivity contribution < 1.29 is 0 Å². The van der Waals surface area contributed by atoms with Gasteiger partial charge in [-0.2, -0.15) is 0 Å². The molecule has 15 heavy (non-hydrogen) atoms. The van der Waals surface area contributed by atoms with Gasteiger partial charge in [-0.25, -0.2) is 0 Å². The van der Waals surface area contributed by atoms with Crippen molar-refractivity contribution in [2.24, 2.45) is 0 Å². The lowest BCUT2D eigenvalue weighted by atomic mass is 10.2. The fourth-order valence-electron chi connectivity index (χ4n) is 1.81. The van der Waals surface area contributed by atoms with Crippen LogP contribution < -0.4 is 0 Å². The number of aryl methyl sites for hydroxylation is 1. The summed E-state index contributed by atoms with van der Waals surface area (Å²) < 4.78 is 2.02. The molecule has 0 unspecified atom stereocenters. The van der Waals surface area contributed by atoms with Crippen molar-refractivity contribution in [1.82, 2.24) is 14.6 Å². The Bertz CT molecular complexity index is 657. The normalized spacial score (nSPS) is 11.3. The summed E-state index contributed by atoms with van der Waals surface area (Å²) in [5.41, 5.74) is 1.95. The second-order valence-electron chi connectivity index (χ2n) is 3.48. The Kier molecular flexibility index (Phi) is 1.70. The molecule has 0 saturated carbocycles. The average Bonchev–Trinajstić information content (AvgIpc) is 2.60. The third-order valence-electron chi connectivity index (χ3n) is 2.49. The molecule has 3 nitrogen and oxygen atoms in total. The van der Waals surface area contributed by atoms with Crippen molar-refractivity contribution in [3.8, 4) is 0 Å². The fourth-order valence-corrected chi connectivity index (χ4v) is 1.99. The Morgan fingerprint density at radius 2 is 2.00 bits per heavy atom. The molecule has 0 aliphatic carbocycles. The van der Waals surface area contributed by atoms with Gasteiger partial charge in [-0.15, -0.1) is 10.2 Å². The molecule has 4 heteroatoms. The van der Waals surface area contributed by atoms with Crippen LogP contribution in [-0.4, -0.2) is 14.6 Å². The Morgan fingerprint density at radius 3 is 2.87 bits per heavy atom. The topological polar surface area (TPSA) is 30.2 Å². The van der Waals surface area contributed by atoms with E-state index in [1.54, 1.807) is 0 Å². The van der Waals surface area contributed by atoms with Gasteiger partial charge in [0.25, 0.3) is 0 Å². The van der Waals surface area contributed by atoms with Crippen LogP contribution in [-0.2, 0) is 0 Å². The van der Waals surface area contributed by atoms with Gasteiger partial charge in [0.1, 0.15) is 5.82 Å². The van der Waals surface area contributed by atoms with Crippen molar-refractivity contribution in [2.75, 3.05) is 0 Å². The molecule has 2 heterocycles. The summed E-state index contributed by atoms with van der Waals surface area (Å²) in [4.78, 5) is 0. The standard InChI is InChI=1S/C11H8ClN3/c1-7-13-14-11-5-2-8-6-9(12)3-4-10(8)15(7)11/h2-6H,1H3. The SMILES string of the molecule is Cc1nnc2ccc3cc(Cl)ccc3n12. The third-order valence-corrected chi connectivity index (χ3v) is 2.73. The molecule has 0 bridgehead atoms. The number of fused-ring (bicyclic) bond motifs is 3. The summed E-state index contributed by atoms with van der Waals surface area (Å²) in [6, 6.07) is 9.75. The fraction of sp³-hybridized carbons (Fsp3) is 0.0909. The predicted octanol–water partition coefficient (Wildman–Crippen LogP) is 2.84. The van der Waals surface area contributed by atoms with E-state index in [9.17, 15) is 0 Å². The molecule has 0 atom stereocenters. The highest BCUT2D eigenvalue weighted by atomic mass is 35.5. The zero-order valence-corrected chi connectivity index (χ0v) is 8.86. The van der Waals surface area contributed by atoms with Gasteiger partial charge in [0, 0.05) is 10.4 Å². The van der Waals surface area contributed by atoms with E-state index in [2.05, 4.69) is 10.2 Å². The van der Waals surface area contributed by atoms with E-state index < -0.39 is 0 Å². The second-order valence-corrected chi connectivity index (χ2v) is 3.91. The first-order chi connectivity index (χ1) is 7.25. The van der Waals surface area contributed by atoms with Crippen LogP contribution in [0.5, 0.6) is 0 Å². The number of aromatic nitrogens is 3. The van der Waals surface area contributed by atoms with Crippen LogP contribution in [0.3, 0.4) is 0 Å². The maximum atomic E-state index is 5.94. The van der Waals surface area contributed by atoms with Crippen molar-refractivity contribution in [2.45, 2.75) is 6.92 Å². The molecule has 0 radical (unpaired) electrons. The first-order valence-electron chi connectivity index (χ1n) is 4.66. The van der Waals surface area contributed by atoms with Crippen LogP contribution in [0.2, 0.25) is 5.02 Å². The molecule has 0 spiro atoms. The summed E-state index contributed by atoms with van der Waals surface area (Å²) >= 11 is 5.94. The van der Waals surface area contributed by atoms with Gasteiger partial charge in [0.05, 0.1) is 5.52 Å². The van der Waals surface area contributed by atoms with Gasteiger partial charge < -0.3 is 0 Å². The number of hydrogen-bond donors (Lipinski definition) is 0. The smallest absolute Gasteiger partial charge is 0.161 e. The quantitative estimate of drug-likeness (QED) is 0.580. The van der Waals surface area contributed by atoms with Crippen LogP contribution in [0.25, 0.3) is 16.6 Å². The lowest BCUT2D eigenvalue weighted by molar-refractivity contribution is 1.02. The van der Waals surface area contributed by atoms with Crippen LogP contribution in [0.4, 0.5) is 0 Å². The molecule has 3 aromatic rings. The lowest BCUT2D eigenvalue weighted by Gasteiger charge is -2.02. The molecule has 0 saturated heterocycles. The maximum Gasteiger partial charge on any atom is 0.161 e. The van der Waals surface area contributed by atoms with E-state index in [0.29, 0.717) is 0 Å². The van der Waals surface area contributed by atoms with E-state index in [1.165, 1.54) is 0 Å². The van der Waals surface area contributed by atoms with Crippen molar-refractivity contribution in [3.05, 3.63) is 41.2 Å². The zero-order chi connectivity index (χ0) is 10.4. The van der Waals surface area contributed by atoms with Crippen molar-refractivity contribution in [1.29, 1.82) is 0 Å². The van der Waals surface area contributed by atoms with Crippen LogP contribution in [0, 0.1) is 6.92 Å². The summed E-state index contributed by atoms with van der Waals surface area (Å²) in [6.45, 7) is 1.94. The Balaban J connectivity index is 2.58. The largest absolute Gasteiger partial charge is 0.279 e. The number of rotatable bonds is 0. The molecule has 74 valence electrons. The first kappa shape index (κ1) is 8.68. The molecule has 0 amide bonds. The minimum atomic E-state index is 0.743. The molecular formula is C11H8ClN3. The van der Waals surface area contributed by atoms with E-state index in [-0.39, 0.29) is 0 Å². The number of halogens is 1. The number of benzene rings is 1. The molecule has 2 aromatic heterocycles. The van der Waals surface area contributed by atoms with Crippen LogP contribution in [0.15, 0.2) is 30.3 Å². The van der Waals surface area contributed by atoms with E-state index in [0.717, 1.165) is 27.4 Å². The summed E-state index contributed by atoms with van der Waals surface area (Å²) in [7, 11) is 0. The minimum Gasteiger partial charge on any atom is -0.279 e. The van der Waals surface area contributed by atoms with Crippen LogP contribution >= 0.6 is 11.6 Å². The summed E-state index contributed by atoms with van der Waals surface area (Å²) in [5, 5.41) is 9.96. The third kappa shape index (κ3) is 1.20. The highest BCUT2D eigenvalue weighted by molar-refractivity contribution is 6.31. The van der Waals surface area contributed by atoms with Crippen molar-refractivity contribution >= 4 is 28.2 Å². The van der Waals surface area contributed by atoms with Crippen LogP contribution in [0.1, 0.15) is 5.82 Å².